The summed E-state index contributed by atoms with van der Waals surface area (Å²) in [5.41, 5.74) is 0. The molecule has 3 rings (SSSR count). The van der Waals surface area contributed by atoms with E-state index in [1.54, 1.807) is 12.8 Å². The normalized spacial score (nSPS) is 45.1. The predicted octanol–water partition coefficient (Wildman–Crippen LogP) is 4.05. The van der Waals surface area contributed by atoms with E-state index in [2.05, 4.69) is 7.28 Å². The van der Waals surface area contributed by atoms with Gasteiger partial charge in [-0.25, -0.2) is 0 Å². The van der Waals surface area contributed by atoms with Gasteiger partial charge in [-0.1, -0.05) is 68.9 Å². The lowest BCUT2D eigenvalue weighted by atomic mass is 9.31. The van der Waals surface area contributed by atoms with Crippen molar-refractivity contribution in [3.8, 4) is 0 Å². The first-order valence-corrected chi connectivity index (χ1v) is 6.25. The standard InChI is InChI=1S/C12H20B.H2/c1-4-10(5-1)12-8-2-6-11(13-12)7-3-9-12;/h10-11H,1-9H2;1H. The van der Waals surface area contributed by atoms with Crippen molar-refractivity contribution in [2.75, 3.05) is 0 Å². The fraction of sp³-hybridized carbons (Fsp3) is 1.00. The molecule has 2 heterocycles. The molecule has 0 aromatic heterocycles. The summed E-state index contributed by atoms with van der Waals surface area (Å²) in [5.74, 6) is 2.12. The molecule has 0 atom stereocenters. The number of rotatable bonds is 1. The maximum Gasteiger partial charge on any atom is 0.122 e. The highest BCUT2D eigenvalue weighted by Gasteiger charge is 2.46. The van der Waals surface area contributed by atoms with Crippen LogP contribution in [-0.2, 0) is 0 Å². The van der Waals surface area contributed by atoms with Crippen LogP contribution in [0.25, 0.3) is 0 Å². The van der Waals surface area contributed by atoms with E-state index in [-0.39, 0.29) is 1.43 Å². The second kappa shape index (κ2) is 3.03. The third kappa shape index (κ3) is 1.27. The van der Waals surface area contributed by atoms with Crippen LogP contribution in [-0.4, -0.2) is 7.28 Å². The molecular formula is C12H22B. The van der Waals surface area contributed by atoms with E-state index in [9.17, 15) is 0 Å². The molecule has 0 amide bonds. The monoisotopic (exact) mass is 177 g/mol. The topological polar surface area (TPSA) is 0 Å². The molecule has 0 aromatic rings. The Hall–Kier alpha value is 0.0649. The number of hydrogen-bond donors (Lipinski definition) is 0. The van der Waals surface area contributed by atoms with Crippen molar-refractivity contribution in [2.24, 2.45) is 5.92 Å². The Kier molecular flexibility index (Phi) is 1.96. The summed E-state index contributed by atoms with van der Waals surface area (Å²) in [6.07, 6.45) is 13.7. The summed E-state index contributed by atoms with van der Waals surface area (Å²) in [5, 5.41) is 0.749. The summed E-state index contributed by atoms with van der Waals surface area (Å²) >= 11 is 0. The van der Waals surface area contributed by atoms with Gasteiger partial charge in [-0.3, -0.25) is 0 Å². The number of hydrogen-bond acceptors (Lipinski definition) is 0. The van der Waals surface area contributed by atoms with Crippen LogP contribution >= 0.6 is 0 Å². The fourth-order valence-electron chi connectivity index (χ4n) is 3.99. The van der Waals surface area contributed by atoms with E-state index in [1.807, 2.05) is 0 Å². The minimum atomic E-state index is 0. The van der Waals surface area contributed by atoms with E-state index < -0.39 is 0 Å². The molecule has 0 nitrogen and oxygen atoms in total. The Morgan fingerprint density at radius 2 is 1.62 bits per heavy atom. The zero-order valence-corrected chi connectivity index (χ0v) is 8.60. The van der Waals surface area contributed by atoms with Crippen LogP contribution in [0.5, 0.6) is 0 Å². The highest BCUT2D eigenvalue weighted by atomic mass is 14.4. The van der Waals surface area contributed by atoms with Crippen molar-refractivity contribution >= 4 is 7.28 Å². The van der Waals surface area contributed by atoms with Crippen molar-refractivity contribution < 1.29 is 1.43 Å². The van der Waals surface area contributed by atoms with Crippen LogP contribution in [0, 0.1) is 5.92 Å². The minimum Gasteiger partial charge on any atom is -0.0682 e. The van der Waals surface area contributed by atoms with Crippen LogP contribution in [0.4, 0.5) is 0 Å². The molecule has 2 bridgehead atoms. The highest BCUT2D eigenvalue weighted by Crippen LogP contribution is 2.60. The molecule has 1 radical (unpaired) electrons. The van der Waals surface area contributed by atoms with Crippen LogP contribution in [0.3, 0.4) is 0 Å². The maximum absolute atomic E-state index is 2.80. The first-order chi connectivity index (χ1) is 6.39. The summed E-state index contributed by atoms with van der Waals surface area (Å²) < 4.78 is 0. The summed E-state index contributed by atoms with van der Waals surface area (Å²) in [6, 6.07) is 0. The second-order valence-corrected chi connectivity index (χ2v) is 5.57. The smallest absolute Gasteiger partial charge is 0.0682 e. The predicted molar refractivity (Wildman–Crippen MR) is 59.4 cm³/mol. The van der Waals surface area contributed by atoms with Gasteiger partial charge in [0.1, 0.15) is 7.28 Å². The van der Waals surface area contributed by atoms with Crippen molar-refractivity contribution in [3.05, 3.63) is 0 Å². The SMILES string of the molecule is [B]1C2CCCC1(C1CCC1)CCC2.[HH]. The summed E-state index contributed by atoms with van der Waals surface area (Å²) in [7, 11) is 2.80. The average Bonchev–Trinajstić information content (AvgIpc) is 2.00. The average molecular weight is 177 g/mol. The van der Waals surface area contributed by atoms with Crippen molar-refractivity contribution in [1.29, 1.82) is 0 Å². The molecule has 0 N–H and O–H groups in total. The molecule has 2 aliphatic heterocycles. The van der Waals surface area contributed by atoms with Crippen molar-refractivity contribution in [1.82, 2.24) is 0 Å². The third-order valence-electron chi connectivity index (χ3n) is 4.92. The molecule has 13 heavy (non-hydrogen) atoms. The lowest BCUT2D eigenvalue weighted by Gasteiger charge is -2.52. The molecule has 0 spiro atoms. The van der Waals surface area contributed by atoms with Gasteiger partial charge in [-0.2, -0.15) is 0 Å². The molecule has 1 saturated carbocycles. The molecule has 2 saturated heterocycles. The zero-order valence-electron chi connectivity index (χ0n) is 8.60. The van der Waals surface area contributed by atoms with E-state index >= 15 is 0 Å². The first-order valence-electron chi connectivity index (χ1n) is 6.25. The molecule has 0 unspecified atom stereocenters. The van der Waals surface area contributed by atoms with Crippen LogP contribution < -0.4 is 0 Å². The Morgan fingerprint density at radius 1 is 0.923 bits per heavy atom. The number of fused-ring (bicyclic) bond motifs is 2. The van der Waals surface area contributed by atoms with Gasteiger partial charge in [0.25, 0.3) is 0 Å². The Balaban J connectivity index is 0.000000750. The van der Waals surface area contributed by atoms with Gasteiger partial charge >= 0.3 is 0 Å². The van der Waals surface area contributed by atoms with E-state index in [1.165, 1.54) is 44.9 Å². The molecular weight excluding hydrogens is 155 g/mol. The van der Waals surface area contributed by atoms with Gasteiger partial charge in [0, 0.05) is 1.43 Å². The van der Waals surface area contributed by atoms with Gasteiger partial charge in [-0.05, 0) is 5.92 Å². The van der Waals surface area contributed by atoms with Gasteiger partial charge in [0.2, 0.25) is 0 Å². The van der Waals surface area contributed by atoms with Gasteiger partial charge in [0.05, 0.1) is 0 Å². The highest BCUT2D eigenvalue weighted by molar-refractivity contribution is 6.42. The van der Waals surface area contributed by atoms with E-state index in [4.69, 9.17) is 0 Å². The lowest BCUT2D eigenvalue weighted by Crippen LogP contribution is -2.40. The minimum absolute atomic E-state index is 0. The quantitative estimate of drug-likeness (QED) is 0.530. The fourth-order valence-corrected chi connectivity index (χ4v) is 3.99. The second-order valence-electron chi connectivity index (χ2n) is 5.57. The molecule has 3 aliphatic rings. The van der Waals surface area contributed by atoms with Gasteiger partial charge < -0.3 is 0 Å². The summed E-state index contributed by atoms with van der Waals surface area (Å²) in [4.78, 5) is 0. The molecule has 1 aliphatic carbocycles. The molecule has 3 fully saturated rings. The third-order valence-corrected chi connectivity index (χ3v) is 4.92. The van der Waals surface area contributed by atoms with Crippen LogP contribution in [0.1, 0.15) is 59.2 Å². The summed E-state index contributed by atoms with van der Waals surface area (Å²) in [6.45, 7) is 0. The van der Waals surface area contributed by atoms with Gasteiger partial charge in [-0.15, -0.1) is 0 Å². The Bertz CT molecular complexity index is 190. The van der Waals surface area contributed by atoms with Gasteiger partial charge in [0.15, 0.2) is 0 Å². The Morgan fingerprint density at radius 3 is 2.15 bits per heavy atom. The van der Waals surface area contributed by atoms with Crippen LogP contribution in [0.15, 0.2) is 0 Å². The first kappa shape index (κ1) is 8.38. The molecule has 1 heteroatoms. The van der Waals surface area contributed by atoms with E-state index in [0.717, 1.165) is 17.0 Å². The molecule has 73 valence electrons. The lowest BCUT2D eigenvalue weighted by molar-refractivity contribution is 0.169. The molecule has 0 aromatic carbocycles. The van der Waals surface area contributed by atoms with E-state index in [0.29, 0.717) is 0 Å². The zero-order chi connectivity index (χ0) is 8.73. The van der Waals surface area contributed by atoms with Crippen LogP contribution in [0.2, 0.25) is 11.1 Å². The van der Waals surface area contributed by atoms with Crippen molar-refractivity contribution in [3.63, 3.8) is 0 Å². The maximum atomic E-state index is 2.80. The Labute approximate surface area is 84.2 Å². The largest absolute Gasteiger partial charge is 0.122 e. The van der Waals surface area contributed by atoms with Crippen molar-refractivity contribution in [2.45, 2.75) is 68.9 Å².